The lowest BCUT2D eigenvalue weighted by atomic mass is 10.2. The lowest BCUT2D eigenvalue weighted by Crippen LogP contribution is -1.87. The summed E-state index contributed by atoms with van der Waals surface area (Å²) in [7, 11) is 0. The van der Waals surface area contributed by atoms with Crippen LogP contribution in [0.25, 0.3) is 0 Å². The van der Waals surface area contributed by atoms with Crippen molar-refractivity contribution in [2.24, 2.45) is 0 Å². The predicted molar refractivity (Wildman–Crippen MR) is 45.5 cm³/mol. The van der Waals surface area contributed by atoms with Crippen molar-refractivity contribution < 1.29 is 4.92 Å². The third-order valence-corrected chi connectivity index (χ3v) is 1.70. The summed E-state index contributed by atoms with van der Waals surface area (Å²) in [5, 5.41) is 10.3. The van der Waals surface area contributed by atoms with Gasteiger partial charge in [0.1, 0.15) is 0 Å². The van der Waals surface area contributed by atoms with Crippen molar-refractivity contribution in [3.8, 4) is 0 Å². The summed E-state index contributed by atoms with van der Waals surface area (Å²) < 4.78 is 0.740. The van der Waals surface area contributed by atoms with Gasteiger partial charge in [-0.05, 0) is 18.6 Å². The van der Waals surface area contributed by atoms with Gasteiger partial charge in [0.25, 0.3) is 5.69 Å². The molecule has 0 aromatic heterocycles. The Morgan fingerprint density at radius 2 is 2.09 bits per heavy atom. The fraction of sp³-hybridized carbons (Fsp3) is 0.143. The first kappa shape index (κ1) is 8.20. The topological polar surface area (TPSA) is 43.1 Å². The largest absolute Gasteiger partial charge is 0.270 e. The Bertz CT molecular complexity index is 278. The SMILES string of the molecule is Cc1cc(Br)cc([N+](=O)[O-])c1. The minimum absolute atomic E-state index is 0.122. The van der Waals surface area contributed by atoms with E-state index in [1.54, 1.807) is 0 Å². The van der Waals surface area contributed by atoms with Crippen LogP contribution in [0.2, 0.25) is 0 Å². The molecule has 0 atom stereocenters. The number of benzene rings is 1. The van der Waals surface area contributed by atoms with Crippen molar-refractivity contribution in [1.82, 2.24) is 0 Å². The lowest BCUT2D eigenvalue weighted by Gasteiger charge is -1.94. The molecule has 0 saturated carbocycles. The summed E-state index contributed by atoms with van der Waals surface area (Å²) in [4.78, 5) is 9.89. The number of halogens is 1. The van der Waals surface area contributed by atoms with Gasteiger partial charge in [0.2, 0.25) is 0 Å². The summed E-state index contributed by atoms with van der Waals surface area (Å²) in [5.74, 6) is 0. The van der Waals surface area contributed by atoms with Crippen LogP contribution in [0.3, 0.4) is 0 Å². The third-order valence-electron chi connectivity index (χ3n) is 1.24. The maximum Gasteiger partial charge on any atom is 0.270 e. The zero-order valence-electron chi connectivity index (χ0n) is 5.87. The van der Waals surface area contributed by atoms with Gasteiger partial charge < -0.3 is 0 Å². The maximum atomic E-state index is 10.3. The van der Waals surface area contributed by atoms with Crippen molar-refractivity contribution in [3.63, 3.8) is 0 Å². The number of rotatable bonds is 1. The molecule has 0 N–H and O–H groups in total. The zero-order chi connectivity index (χ0) is 8.43. The molecule has 0 saturated heterocycles. The van der Waals surface area contributed by atoms with Gasteiger partial charge in [-0.25, -0.2) is 0 Å². The first-order valence-corrected chi connectivity index (χ1v) is 3.80. The van der Waals surface area contributed by atoms with Crippen LogP contribution >= 0.6 is 15.9 Å². The summed E-state index contributed by atoms with van der Waals surface area (Å²) in [6.07, 6.45) is 0. The van der Waals surface area contributed by atoms with Crippen LogP contribution in [-0.2, 0) is 0 Å². The molecule has 1 aromatic carbocycles. The number of hydrogen-bond acceptors (Lipinski definition) is 2. The maximum absolute atomic E-state index is 10.3. The fourth-order valence-electron chi connectivity index (χ4n) is 0.822. The van der Waals surface area contributed by atoms with Crippen LogP contribution in [-0.4, -0.2) is 4.92 Å². The highest BCUT2D eigenvalue weighted by Gasteiger charge is 2.05. The summed E-state index contributed by atoms with van der Waals surface area (Å²) in [6, 6.07) is 4.84. The summed E-state index contributed by atoms with van der Waals surface area (Å²) >= 11 is 3.18. The van der Waals surface area contributed by atoms with Crippen LogP contribution in [0, 0.1) is 17.0 Å². The fourth-order valence-corrected chi connectivity index (χ4v) is 1.42. The standard InChI is InChI=1S/C7H6BrNO2/c1-5-2-6(8)4-7(3-5)9(10)11/h2-4H,1H3. The molecule has 0 fully saturated rings. The number of hydrogen-bond donors (Lipinski definition) is 0. The number of nitro groups is 1. The van der Waals surface area contributed by atoms with Gasteiger partial charge in [0.15, 0.2) is 0 Å². The monoisotopic (exact) mass is 215 g/mol. The molecule has 3 nitrogen and oxygen atoms in total. The van der Waals surface area contributed by atoms with E-state index in [9.17, 15) is 10.1 Å². The molecule has 0 radical (unpaired) electrons. The zero-order valence-corrected chi connectivity index (χ0v) is 7.46. The van der Waals surface area contributed by atoms with Gasteiger partial charge in [-0.1, -0.05) is 15.9 Å². The second-order valence-electron chi connectivity index (χ2n) is 2.24. The van der Waals surface area contributed by atoms with E-state index >= 15 is 0 Å². The van der Waals surface area contributed by atoms with Crippen LogP contribution in [0.15, 0.2) is 22.7 Å². The molecular weight excluding hydrogens is 210 g/mol. The minimum Gasteiger partial charge on any atom is -0.258 e. The number of non-ortho nitro benzene ring substituents is 1. The summed E-state index contributed by atoms with van der Waals surface area (Å²) in [6.45, 7) is 1.82. The van der Waals surface area contributed by atoms with E-state index in [1.165, 1.54) is 12.1 Å². The Hall–Kier alpha value is -0.900. The van der Waals surface area contributed by atoms with Gasteiger partial charge in [-0.2, -0.15) is 0 Å². The molecule has 11 heavy (non-hydrogen) atoms. The average molecular weight is 216 g/mol. The normalized spacial score (nSPS) is 9.64. The molecule has 0 aliphatic heterocycles. The quantitative estimate of drug-likeness (QED) is 0.534. The Kier molecular flexibility index (Phi) is 2.24. The molecule has 0 heterocycles. The van der Waals surface area contributed by atoms with Gasteiger partial charge in [-0.15, -0.1) is 0 Å². The molecule has 0 aliphatic carbocycles. The first-order chi connectivity index (χ1) is 5.09. The molecule has 58 valence electrons. The molecule has 1 rings (SSSR count). The van der Waals surface area contributed by atoms with E-state index in [1.807, 2.05) is 13.0 Å². The van der Waals surface area contributed by atoms with Crippen LogP contribution in [0.4, 0.5) is 5.69 Å². The molecular formula is C7H6BrNO2. The van der Waals surface area contributed by atoms with Crippen molar-refractivity contribution in [2.75, 3.05) is 0 Å². The number of nitrogens with zero attached hydrogens (tertiary/aromatic N) is 1. The van der Waals surface area contributed by atoms with Crippen LogP contribution in [0.5, 0.6) is 0 Å². The minimum atomic E-state index is -0.405. The van der Waals surface area contributed by atoms with E-state index < -0.39 is 4.92 Å². The third kappa shape index (κ3) is 2.01. The molecule has 4 heteroatoms. The van der Waals surface area contributed by atoms with E-state index in [0.717, 1.165) is 10.0 Å². The second-order valence-corrected chi connectivity index (χ2v) is 3.16. The molecule has 0 unspecified atom stereocenters. The molecule has 0 spiro atoms. The smallest absolute Gasteiger partial charge is 0.258 e. The number of aryl methyl sites for hydroxylation is 1. The second kappa shape index (κ2) is 3.00. The van der Waals surface area contributed by atoms with Crippen molar-refractivity contribution in [3.05, 3.63) is 38.3 Å². The van der Waals surface area contributed by atoms with Crippen molar-refractivity contribution in [1.29, 1.82) is 0 Å². The van der Waals surface area contributed by atoms with Crippen molar-refractivity contribution in [2.45, 2.75) is 6.92 Å². The first-order valence-electron chi connectivity index (χ1n) is 3.01. The Morgan fingerprint density at radius 1 is 1.45 bits per heavy atom. The highest BCUT2D eigenvalue weighted by Crippen LogP contribution is 2.20. The Morgan fingerprint density at radius 3 is 2.55 bits per heavy atom. The highest BCUT2D eigenvalue weighted by molar-refractivity contribution is 9.10. The predicted octanol–water partition coefficient (Wildman–Crippen LogP) is 2.67. The highest BCUT2D eigenvalue weighted by atomic mass is 79.9. The van der Waals surface area contributed by atoms with Crippen LogP contribution < -0.4 is 0 Å². The lowest BCUT2D eigenvalue weighted by molar-refractivity contribution is -0.385. The number of nitro benzene ring substituents is 1. The van der Waals surface area contributed by atoms with Crippen LogP contribution in [0.1, 0.15) is 5.56 Å². The van der Waals surface area contributed by atoms with Gasteiger partial charge in [0, 0.05) is 16.6 Å². The van der Waals surface area contributed by atoms with Gasteiger partial charge in [0.05, 0.1) is 4.92 Å². The molecule has 0 bridgehead atoms. The summed E-state index contributed by atoms with van der Waals surface area (Å²) in [5.41, 5.74) is 1.00. The van der Waals surface area contributed by atoms with E-state index in [0.29, 0.717) is 0 Å². The molecule has 0 amide bonds. The Labute approximate surface area is 72.3 Å². The van der Waals surface area contributed by atoms with E-state index in [4.69, 9.17) is 0 Å². The van der Waals surface area contributed by atoms with E-state index in [2.05, 4.69) is 15.9 Å². The van der Waals surface area contributed by atoms with Gasteiger partial charge >= 0.3 is 0 Å². The molecule has 1 aromatic rings. The van der Waals surface area contributed by atoms with Gasteiger partial charge in [-0.3, -0.25) is 10.1 Å². The average Bonchev–Trinajstić information content (AvgIpc) is 1.85. The van der Waals surface area contributed by atoms with E-state index in [-0.39, 0.29) is 5.69 Å². The Balaban J connectivity index is 3.19. The van der Waals surface area contributed by atoms with Crippen molar-refractivity contribution >= 4 is 21.6 Å². The molecule has 0 aliphatic rings.